The van der Waals surface area contributed by atoms with Crippen LogP contribution >= 0.6 is 11.3 Å². The fourth-order valence-corrected chi connectivity index (χ4v) is 3.59. The molecule has 1 amide bonds. The van der Waals surface area contributed by atoms with Gasteiger partial charge in [-0.1, -0.05) is 23.5 Å². The molecule has 0 radical (unpaired) electrons. The van der Waals surface area contributed by atoms with Crippen molar-refractivity contribution in [1.29, 1.82) is 0 Å². The van der Waals surface area contributed by atoms with Gasteiger partial charge in [-0.2, -0.15) is 4.99 Å². The normalized spacial score (nSPS) is 12.1. The third-order valence-electron chi connectivity index (χ3n) is 3.69. The summed E-state index contributed by atoms with van der Waals surface area (Å²) in [5.41, 5.74) is -0.459. The summed E-state index contributed by atoms with van der Waals surface area (Å²) < 4.78 is 49.2. The van der Waals surface area contributed by atoms with Crippen molar-refractivity contribution in [1.82, 2.24) is 4.57 Å². The number of aromatic nitrogens is 1. The van der Waals surface area contributed by atoms with Gasteiger partial charge in [0.15, 0.2) is 4.80 Å². The lowest BCUT2D eigenvalue weighted by Gasteiger charge is -2.06. The SMILES string of the molecule is CCOCCn1c(=NC(=O)c2c(F)cccc2F)sc2cccc(F)c21. The molecule has 3 rings (SSSR count). The van der Waals surface area contributed by atoms with E-state index in [1.807, 2.05) is 6.92 Å². The zero-order valence-electron chi connectivity index (χ0n) is 13.8. The molecule has 0 spiro atoms. The Morgan fingerprint density at radius 2 is 1.77 bits per heavy atom. The lowest BCUT2D eigenvalue weighted by atomic mass is 10.2. The molecule has 8 heteroatoms. The van der Waals surface area contributed by atoms with Crippen LogP contribution in [0.3, 0.4) is 0 Å². The molecule has 2 aromatic carbocycles. The zero-order chi connectivity index (χ0) is 18.7. The molecule has 0 N–H and O–H groups in total. The Labute approximate surface area is 151 Å². The Kier molecular flexibility index (Phi) is 5.53. The van der Waals surface area contributed by atoms with Crippen molar-refractivity contribution >= 4 is 27.5 Å². The molecule has 136 valence electrons. The highest BCUT2D eigenvalue weighted by Gasteiger charge is 2.18. The van der Waals surface area contributed by atoms with E-state index in [4.69, 9.17) is 4.74 Å². The minimum absolute atomic E-state index is 0.150. The van der Waals surface area contributed by atoms with Crippen LogP contribution < -0.4 is 4.80 Å². The second-order valence-electron chi connectivity index (χ2n) is 5.33. The van der Waals surface area contributed by atoms with Crippen LogP contribution in [0, 0.1) is 17.5 Å². The van der Waals surface area contributed by atoms with Gasteiger partial charge < -0.3 is 9.30 Å². The monoisotopic (exact) mass is 380 g/mol. The third-order valence-corrected chi connectivity index (χ3v) is 4.73. The average molecular weight is 380 g/mol. The second-order valence-corrected chi connectivity index (χ2v) is 6.34. The molecule has 1 heterocycles. The Morgan fingerprint density at radius 1 is 1.12 bits per heavy atom. The van der Waals surface area contributed by atoms with Crippen molar-refractivity contribution in [2.24, 2.45) is 4.99 Å². The molecule has 0 aliphatic heterocycles. The molecule has 0 bridgehead atoms. The molecule has 0 saturated carbocycles. The molecule has 0 unspecified atom stereocenters. The summed E-state index contributed by atoms with van der Waals surface area (Å²) in [6, 6.07) is 7.67. The molecule has 3 aromatic rings. The molecular weight excluding hydrogens is 365 g/mol. The van der Waals surface area contributed by atoms with Crippen molar-refractivity contribution in [2.45, 2.75) is 13.5 Å². The number of hydrogen-bond acceptors (Lipinski definition) is 3. The minimum Gasteiger partial charge on any atom is -0.380 e. The Hall–Kier alpha value is -2.45. The van der Waals surface area contributed by atoms with E-state index >= 15 is 0 Å². The number of carbonyl (C=O) groups is 1. The Balaban J connectivity index is 2.14. The third kappa shape index (κ3) is 3.56. The first-order valence-corrected chi connectivity index (χ1v) is 8.73. The van der Waals surface area contributed by atoms with Gasteiger partial charge >= 0.3 is 0 Å². The maximum atomic E-state index is 14.3. The van der Waals surface area contributed by atoms with Crippen LogP contribution in [0.5, 0.6) is 0 Å². The number of halogens is 3. The van der Waals surface area contributed by atoms with Gasteiger partial charge in [-0.25, -0.2) is 13.2 Å². The van der Waals surface area contributed by atoms with Gasteiger partial charge in [0.1, 0.15) is 23.0 Å². The highest BCUT2D eigenvalue weighted by atomic mass is 32.1. The first kappa shape index (κ1) is 18.3. The van der Waals surface area contributed by atoms with Crippen molar-refractivity contribution in [3.63, 3.8) is 0 Å². The first-order valence-electron chi connectivity index (χ1n) is 7.91. The van der Waals surface area contributed by atoms with Crippen LogP contribution in [0.4, 0.5) is 13.2 Å². The molecule has 0 fully saturated rings. The fraction of sp³-hybridized carbons (Fsp3) is 0.222. The summed E-state index contributed by atoms with van der Waals surface area (Å²) in [7, 11) is 0. The smallest absolute Gasteiger partial charge is 0.285 e. The number of nitrogens with zero attached hydrogens (tertiary/aromatic N) is 2. The predicted molar refractivity (Wildman–Crippen MR) is 92.5 cm³/mol. The van der Waals surface area contributed by atoms with Crippen molar-refractivity contribution in [3.8, 4) is 0 Å². The molecule has 1 aromatic heterocycles. The predicted octanol–water partition coefficient (Wildman–Crippen LogP) is 3.90. The summed E-state index contributed by atoms with van der Waals surface area (Å²) in [5.74, 6) is -3.52. The van der Waals surface area contributed by atoms with E-state index in [0.29, 0.717) is 11.3 Å². The fourth-order valence-electron chi connectivity index (χ4n) is 2.52. The second kappa shape index (κ2) is 7.84. The van der Waals surface area contributed by atoms with E-state index in [9.17, 15) is 18.0 Å². The van der Waals surface area contributed by atoms with Crippen LogP contribution in [0.15, 0.2) is 41.4 Å². The topological polar surface area (TPSA) is 43.6 Å². The number of thiazole rings is 1. The van der Waals surface area contributed by atoms with E-state index in [0.717, 1.165) is 23.5 Å². The maximum absolute atomic E-state index is 14.3. The van der Waals surface area contributed by atoms with Crippen molar-refractivity contribution < 1.29 is 22.7 Å². The number of hydrogen-bond donors (Lipinski definition) is 0. The number of carbonyl (C=O) groups excluding carboxylic acids is 1. The van der Waals surface area contributed by atoms with Crippen LogP contribution in [0.1, 0.15) is 17.3 Å². The molecule has 4 nitrogen and oxygen atoms in total. The minimum atomic E-state index is -1.06. The standard InChI is InChI=1S/C18H15F3N2O2S/c1-2-25-10-9-23-16-13(21)7-4-8-14(16)26-18(23)22-17(24)15-11(19)5-3-6-12(15)20/h3-8H,2,9-10H2,1H3. The number of rotatable bonds is 5. The maximum Gasteiger partial charge on any atom is 0.285 e. The van der Waals surface area contributed by atoms with Gasteiger partial charge in [0, 0.05) is 13.2 Å². The number of fused-ring (bicyclic) bond motifs is 1. The Morgan fingerprint density at radius 3 is 2.46 bits per heavy atom. The molecule has 0 aliphatic rings. The summed E-state index contributed by atoms with van der Waals surface area (Å²) in [4.78, 5) is 16.3. The van der Waals surface area contributed by atoms with Crippen LogP contribution in [0.2, 0.25) is 0 Å². The van der Waals surface area contributed by atoms with E-state index in [-0.39, 0.29) is 23.5 Å². The Bertz CT molecular complexity index is 1010. The summed E-state index contributed by atoms with van der Waals surface area (Å²) in [6.45, 7) is 2.84. The molecule has 0 saturated heterocycles. The van der Waals surface area contributed by atoms with Gasteiger partial charge in [-0.15, -0.1) is 0 Å². The molecular formula is C18H15F3N2O2S. The van der Waals surface area contributed by atoms with Crippen LogP contribution in [-0.4, -0.2) is 23.7 Å². The molecule has 0 aliphatic carbocycles. The average Bonchev–Trinajstić information content (AvgIpc) is 2.93. The van der Waals surface area contributed by atoms with Crippen LogP contribution in [0.25, 0.3) is 10.2 Å². The highest BCUT2D eigenvalue weighted by Crippen LogP contribution is 2.21. The molecule has 0 atom stereocenters. The number of para-hydroxylation sites is 1. The summed E-state index contributed by atoms with van der Waals surface area (Å²) in [6.07, 6.45) is 0. The van der Waals surface area contributed by atoms with Crippen molar-refractivity contribution in [2.75, 3.05) is 13.2 Å². The lowest BCUT2D eigenvalue weighted by Crippen LogP contribution is -2.20. The van der Waals surface area contributed by atoms with Gasteiger partial charge in [0.05, 0.1) is 16.8 Å². The van der Waals surface area contributed by atoms with Gasteiger partial charge in [-0.3, -0.25) is 4.79 Å². The number of amides is 1. The van der Waals surface area contributed by atoms with Crippen molar-refractivity contribution in [3.05, 3.63) is 64.2 Å². The van der Waals surface area contributed by atoms with Gasteiger partial charge in [-0.05, 0) is 31.2 Å². The van der Waals surface area contributed by atoms with Gasteiger partial charge in [0.25, 0.3) is 5.91 Å². The quantitative estimate of drug-likeness (QED) is 0.630. The summed E-state index contributed by atoms with van der Waals surface area (Å²) >= 11 is 1.07. The summed E-state index contributed by atoms with van der Waals surface area (Å²) in [5, 5.41) is 0. The van der Waals surface area contributed by atoms with E-state index in [1.54, 1.807) is 12.1 Å². The highest BCUT2D eigenvalue weighted by molar-refractivity contribution is 7.16. The largest absolute Gasteiger partial charge is 0.380 e. The lowest BCUT2D eigenvalue weighted by molar-refractivity contribution is 0.0988. The van der Waals surface area contributed by atoms with E-state index in [1.165, 1.54) is 16.7 Å². The van der Waals surface area contributed by atoms with E-state index in [2.05, 4.69) is 4.99 Å². The van der Waals surface area contributed by atoms with Crippen LogP contribution in [-0.2, 0) is 11.3 Å². The number of ether oxygens (including phenoxy) is 1. The van der Waals surface area contributed by atoms with E-state index < -0.39 is 28.9 Å². The van der Waals surface area contributed by atoms with Gasteiger partial charge in [0.2, 0.25) is 0 Å². The zero-order valence-corrected chi connectivity index (χ0v) is 14.7. The number of benzene rings is 2. The first-order chi connectivity index (χ1) is 12.5. The molecule has 26 heavy (non-hydrogen) atoms.